The third-order valence-corrected chi connectivity index (χ3v) is 4.59. The predicted octanol–water partition coefficient (Wildman–Crippen LogP) is 2.72. The monoisotopic (exact) mass is 339 g/mol. The van der Waals surface area contributed by atoms with Crippen molar-refractivity contribution in [1.82, 2.24) is 25.6 Å². The van der Waals surface area contributed by atoms with Crippen molar-refractivity contribution < 1.29 is 13.2 Å². The number of hydrazine groups is 1. The summed E-state index contributed by atoms with van der Waals surface area (Å²) in [5.41, 5.74) is 6.15. The lowest BCUT2D eigenvalue weighted by atomic mass is 9.91. The fraction of sp³-hybridized carbons (Fsp3) is 0.500. The predicted molar refractivity (Wildman–Crippen MR) is 83.4 cm³/mol. The molecule has 1 aromatic heterocycles. The Morgan fingerprint density at radius 3 is 2.54 bits per heavy atom. The Balaban J connectivity index is 1.78. The molecule has 5 nitrogen and oxygen atoms in total. The van der Waals surface area contributed by atoms with E-state index in [0.29, 0.717) is 35.9 Å². The van der Waals surface area contributed by atoms with E-state index in [1.165, 1.54) is 12.4 Å². The number of rotatable bonds is 4. The van der Waals surface area contributed by atoms with Crippen LogP contribution in [0.1, 0.15) is 31.7 Å². The van der Waals surface area contributed by atoms with Crippen LogP contribution in [0.25, 0.3) is 5.69 Å². The molecular formula is C16H20F3N5. The van der Waals surface area contributed by atoms with Gasteiger partial charge in [0.2, 0.25) is 0 Å². The minimum absolute atomic E-state index is 0.338. The summed E-state index contributed by atoms with van der Waals surface area (Å²) >= 11 is 0. The maximum atomic E-state index is 12.9. The highest BCUT2D eigenvalue weighted by molar-refractivity contribution is 5.37. The Hall–Kier alpha value is -1.93. The second-order valence-electron chi connectivity index (χ2n) is 6.23. The van der Waals surface area contributed by atoms with Crippen molar-refractivity contribution in [3.05, 3.63) is 42.0 Å². The molecule has 130 valence electrons. The van der Waals surface area contributed by atoms with Crippen LogP contribution in [0.4, 0.5) is 13.2 Å². The second-order valence-corrected chi connectivity index (χ2v) is 6.23. The van der Waals surface area contributed by atoms with Crippen molar-refractivity contribution >= 4 is 0 Å². The lowest BCUT2D eigenvalue weighted by Gasteiger charge is -2.17. The van der Waals surface area contributed by atoms with Crippen molar-refractivity contribution in [2.24, 2.45) is 5.92 Å². The van der Waals surface area contributed by atoms with Crippen LogP contribution in [0.3, 0.4) is 0 Å². The van der Waals surface area contributed by atoms with Gasteiger partial charge in [0, 0.05) is 24.2 Å². The largest absolute Gasteiger partial charge is 0.416 e. The number of hydrogen-bond acceptors (Lipinski definition) is 4. The molecule has 2 N–H and O–H groups in total. The van der Waals surface area contributed by atoms with Gasteiger partial charge in [-0.05, 0) is 44.4 Å². The molecule has 3 rings (SSSR count). The van der Waals surface area contributed by atoms with Crippen LogP contribution < -0.4 is 10.9 Å². The van der Waals surface area contributed by atoms with E-state index in [2.05, 4.69) is 34.9 Å². The lowest BCUT2D eigenvalue weighted by Crippen LogP contribution is -2.30. The molecule has 0 radical (unpaired) electrons. The summed E-state index contributed by atoms with van der Waals surface area (Å²) in [6.07, 6.45) is -1.38. The van der Waals surface area contributed by atoms with E-state index in [4.69, 9.17) is 0 Å². The second kappa shape index (κ2) is 6.52. The van der Waals surface area contributed by atoms with Gasteiger partial charge in [-0.25, -0.2) is 0 Å². The highest BCUT2D eigenvalue weighted by Crippen LogP contribution is 2.30. The molecule has 0 amide bonds. The molecule has 2 aromatic rings. The summed E-state index contributed by atoms with van der Waals surface area (Å²) in [6.45, 7) is 4.22. The van der Waals surface area contributed by atoms with Crippen LogP contribution in [0.15, 0.2) is 30.6 Å². The number of aryl methyl sites for hydroxylation is 1. The molecule has 1 fully saturated rings. The van der Waals surface area contributed by atoms with Crippen LogP contribution in [-0.4, -0.2) is 26.8 Å². The van der Waals surface area contributed by atoms with Crippen molar-refractivity contribution in [3.8, 4) is 5.69 Å². The van der Waals surface area contributed by atoms with E-state index in [1.54, 1.807) is 10.6 Å². The van der Waals surface area contributed by atoms with E-state index in [9.17, 15) is 13.2 Å². The number of nitrogens with zero attached hydrogens (tertiary/aromatic N) is 3. The molecule has 1 saturated heterocycles. The van der Waals surface area contributed by atoms with E-state index >= 15 is 0 Å². The Bertz CT molecular complexity index is 687. The fourth-order valence-electron chi connectivity index (χ4n) is 3.18. The SMILES string of the molecule is CC1NNC(C)C1CCc1nncn1-c1cccc(C(F)(F)F)c1. The summed E-state index contributed by atoms with van der Waals surface area (Å²) in [7, 11) is 0. The van der Waals surface area contributed by atoms with Crippen LogP contribution in [0, 0.1) is 5.92 Å². The van der Waals surface area contributed by atoms with Gasteiger partial charge in [-0.3, -0.25) is 15.4 Å². The zero-order chi connectivity index (χ0) is 17.3. The van der Waals surface area contributed by atoms with Gasteiger partial charge >= 0.3 is 6.18 Å². The third kappa shape index (κ3) is 3.44. The topological polar surface area (TPSA) is 54.8 Å². The van der Waals surface area contributed by atoms with Crippen LogP contribution in [0.2, 0.25) is 0 Å². The smallest absolute Gasteiger partial charge is 0.286 e. The first-order chi connectivity index (χ1) is 11.4. The summed E-state index contributed by atoms with van der Waals surface area (Å²) in [4.78, 5) is 0. The van der Waals surface area contributed by atoms with Crippen molar-refractivity contribution in [1.29, 1.82) is 0 Å². The minimum Gasteiger partial charge on any atom is -0.286 e. The average molecular weight is 339 g/mol. The van der Waals surface area contributed by atoms with Gasteiger partial charge in [0.25, 0.3) is 0 Å². The first kappa shape index (κ1) is 16.9. The standard InChI is InChI=1S/C16H20F3N5/c1-10-14(11(2)22-21-10)6-7-15-23-20-9-24(15)13-5-3-4-12(8-13)16(17,18)19/h3-5,8-11,14,21-22H,6-7H2,1-2H3. The number of benzene rings is 1. The molecular weight excluding hydrogens is 319 g/mol. The molecule has 1 aliphatic heterocycles. The van der Waals surface area contributed by atoms with E-state index in [-0.39, 0.29) is 0 Å². The molecule has 2 unspecified atom stereocenters. The van der Waals surface area contributed by atoms with Gasteiger partial charge in [-0.2, -0.15) is 13.2 Å². The zero-order valence-corrected chi connectivity index (χ0v) is 13.5. The lowest BCUT2D eigenvalue weighted by molar-refractivity contribution is -0.137. The molecule has 8 heteroatoms. The maximum Gasteiger partial charge on any atom is 0.416 e. The number of alkyl halides is 3. The Labute approximate surface area is 138 Å². The normalized spacial score (nSPS) is 24.5. The highest BCUT2D eigenvalue weighted by Gasteiger charge is 2.31. The highest BCUT2D eigenvalue weighted by atomic mass is 19.4. The van der Waals surface area contributed by atoms with E-state index in [0.717, 1.165) is 18.6 Å². The Kier molecular flexibility index (Phi) is 4.60. The van der Waals surface area contributed by atoms with Gasteiger partial charge in [0.05, 0.1) is 5.56 Å². The molecule has 0 saturated carbocycles. The van der Waals surface area contributed by atoms with Crippen molar-refractivity contribution in [2.75, 3.05) is 0 Å². The van der Waals surface area contributed by atoms with Gasteiger partial charge < -0.3 is 0 Å². The molecule has 0 spiro atoms. The van der Waals surface area contributed by atoms with Gasteiger partial charge in [0.1, 0.15) is 12.2 Å². The van der Waals surface area contributed by atoms with Crippen molar-refractivity contribution in [2.45, 2.75) is 44.9 Å². The summed E-state index contributed by atoms with van der Waals surface area (Å²) < 4.78 is 40.3. The zero-order valence-electron chi connectivity index (χ0n) is 13.5. The van der Waals surface area contributed by atoms with Gasteiger partial charge in [0.15, 0.2) is 0 Å². The van der Waals surface area contributed by atoms with Gasteiger partial charge in [-0.1, -0.05) is 6.07 Å². The minimum atomic E-state index is -4.36. The quantitative estimate of drug-likeness (QED) is 0.899. The van der Waals surface area contributed by atoms with Gasteiger partial charge in [-0.15, -0.1) is 10.2 Å². The van der Waals surface area contributed by atoms with Crippen LogP contribution in [0.5, 0.6) is 0 Å². The number of aromatic nitrogens is 3. The average Bonchev–Trinajstić information content (AvgIpc) is 3.12. The number of nitrogens with one attached hydrogen (secondary N) is 2. The third-order valence-electron chi connectivity index (χ3n) is 4.59. The number of halogens is 3. The van der Waals surface area contributed by atoms with Crippen molar-refractivity contribution in [3.63, 3.8) is 0 Å². The molecule has 24 heavy (non-hydrogen) atoms. The fourth-order valence-corrected chi connectivity index (χ4v) is 3.18. The summed E-state index contributed by atoms with van der Waals surface area (Å²) in [6, 6.07) is 5.89. The van der Waals surface area contributed by atoms with Crippen LogP contribution in [-0.2, 0) is 12.6 Å². The molecule has 0 bridgehead atoms. The molecule has 2 heterocycles. The molecule has 1 aliphatic rings. The molecule has 2 atom stereocenters. The molecule has 0 aliphatic carbocycles. The number of hydrogen-bond donors (Lipinski definition) is 2. The first-order valence-electron chi connectivity index (χ1n) is 7.94. The maximum absolute atomic E-state index is 12.9. The molecule has 1 aromatic carbocycles. The Morgan fingerprint density at radius 2 is 1.88 bits per heavy atom. The van der Waals surface area contributed by atoms with E-state index in [1.807, 2.05) is 0 Å². The Morgan fingerprint density at radius 1 is 1.17 bits per heavy atom. The summed E-state index contributed by atoms with van der Waals surface area (Å²) in [5, 5.41) is 7.96. The van der Waals surface area contributed by atoms with Crippen LogP contribution >= 0.6 is 0 Å². The summed E-state index contributed by atoms with van der Waals surface area (Å²) in [5.74, 6) is 1.09. The first-order valence-corrected chi connectivity index (χ1v) is 7.94. The van der Waals surface area contributed by atoms with E-state index < -0.39 is 11.7 Å².